The van der Waals surface area contributed by atoms with Crippen molar-refractivity contribution in [2.24, 2.45) is 0 Å². The van der Waals surface area contributed by atoms with Crippen molar-refractivity contribution in [1.29, 1.82) is 0 Å². The third kappa shape index (κ3) is 2.45. The van der Waals surface area contributed by atoms with Gasteiger partial charge in [-0.3, -0.25) is 9.36 Å². The number of hydrogen-bond acceptors (Lipinski definition) is 3. The van der Waals surface area contributed by atoms with E-state index < -0.39 is 0 Å². The summed E-state index contributed by atoms with van der Waals surface area (Å²) in [5, 5.41) is 1.33. The van der Waals surface area contributed by atoms with E-state index in [9.17, 15) is 4.79 Å². The summed E-state index contributed by atoms with van der Waals surface area (Å²) >= 11 is 12.0. The number of ether oxygens (including phenoxy) is 1. The number of nitrogens with zero attached hydrogens (tertiary/aromatic N) is 2. The molecule has 0 fully saturated rings. The van der Waals surface area contributed by atoms with Gasteiger partial charge in [0.05, 0.1) is 17.6 Å². The van der Waals surface area contributed by atoms with Crippen molar-refractivity contribution in [2.45, 2.75) is 6.92 Å². The molecular weight excluding hydrogens is 323 g/mol. The first-order valence-electron chi connectivity index (χ1n) is 6.54. The molecule has 0 bridgehead atoms. The van der Waals surface area contributed by atoms with Gasteiger partial charge in [-0.05, 0) is 36.6 Å². The maximum absolute atomic E-state index is 12.4. The minimum atomic E-state index is -0.199. The van der Waals surface area contributed by atoms with Gasteiger partial charge in [0.2, 0.25) is 5.88 Å². The molecule has 0 saturated carbocycles. The molecule has 0 atom stereocenters. The third-order valence-corrected chi connectivity index (χ3v) is 4.04. The van der Waals surface area contributed by atoms with Gasteiger partial charge in [-0.2, -0.15) is 4.98 Å². The predicted molar refractivity (Wildman–Crippen MR) is 88.6 cm³/mol. The second-order valence-electron chi connectivity index (χ2n) is 4.86. The average Bonchev–Trinajstić information content (AvgIpc) is 2.50. The standard InChI is InChI=1S/C16H12Cl2N2O2/c1-9-3-5-12-10(7-9)4-6-14(21)20(12)13-8-11(17)15(18)19-16(13)22-2/h3-8H,1-2H3. The Balaban J connectivity index is 2.42. The normalized spacial score (nSPS) is 10.9. The van der Waals surface area contributed by atoms with Crippen LogP contribution in [0, 0.1) is 6.92 Å². The number of pyridine rings is 2. The topological polar surface area (TPSA) is 44.1 Å². The summed E-state index contributed by atoms with van der Waals surface area (Å²) in [7, 11) is 1.47. The minimum Gasteiger partial charge on any atom is -0.479 e. The lowest BCUT2D eigenvalue weighted by atomic mass is 10.1. The van der Waals surface area contributed by atoms with Crippen LogP contribution < -0.4 is 10.3 Å². The molecule has 0 aliphatic heterocycles. The number of hydrogen-bond donors (Lipinski definition) is 0. The van der Waals surface area contributed by atoms with Crippen molar-refractivity contribution in [2.75, 3.05) is 7.11 Å². The number of aromatic nitrogens is 2. The van der Waals surface area contributed by atoms with Gasteiger partial charge in [0, 0.05) is 6.07 Å². The molecule has 22 heavy (non-hydrogen) atoms. The molecule has 0 radical (unpaired) electrons. The smallest absolute Gasteiger partial charge is 0.255 e. The van der Waals surface area contributed by atoms with E-state index in [1.54, 1.807) is 12.1 Å². The average molecular weight is 335 g/mol. The summed E-state index contributed by atoms with van der Waals surface area (Å²) in [6.07, 6.45) is 0. The molecule has 4 nitrogen and oxygen atoms in total. The fraction of sp³-hybridized carbons (Fsp3) is 0.125. The van der Waals surface area contributed by atoms with Crippen molar-refractivity contribution in [1.82, 2.24) is 9.55 Å². The molecule has 3 aromatic rings. The first-order valence-corrected chi connectivity index (χ1v) is 7.29. The molecule has 1 aromatic carbocycles. The zero-order chi connectivity index (χ0) is 15.9. The van der Waals surface area contributed by atoms with E-state index in [-0.39, 0.29) is 21.6 Å². The Morgan fingerprint density at radius 3 is 2.64 bits per heavy atom. The molecule has 0 aliphatic rings. The molecule has 0 saturated heterocycles. The van der Waals surface area contributed by atoms with Gasteiger partial charge in [-0.1, -0.05) is 34.8 Å². The Morgan fingerprint density at radius 1 is 1.14 bits per heavy atom. The molecule has 6 heteroatoms. The van der Waals surface area contributed by atoms with E-state index >= 15 is 0 Å². The lowest BCUT2D eigenvalue weighted by Gasteiger charge is -2.14. The second-order valence-corrected chi connectivity index (χ2v) is 5.62. The maximum Gasteiger partial charge on any atom is 0.255 e. The van der Waals surface area contributed by atoms with Gasteiger partial charge in [-0.15, -0.1) is 0 Å². The molecule has 0 spiro atoms. The summed E-state index contributed by atoms with van der Waals surface area (Å²) in [5.74, 6) is 0.240. The molecule has 0 N–H and O–H groups in total. The van der Waals surface area contributed by atoms with Gasteiger partial charge in [0.1, 0.15) is 5.69 Å². The highest BCUT2D eigenvalue weighted by molar-refractivity contribution is 6.41. The number of aryl methyl sites for hydroxylation is 1. The van der Waals surface area contributed by atoms with E-state index in [1.165, 1.54) is 17.7 Å². The van der Waals surface area contributed by atoms with Crippen LogP contribution in [-0.4, -0.2) is 16.7 Å². The first-order chi connectivity index (χ1) is 10.5. The third-order valence-electron chi connectivity index (χ3n) is 3.36. The number of benzene rings is 1. The van der Waals surface area contributed by atoms with Crippen LogP contribution in [-0.2, 0) is 0 Å². The highest BCUT2D eigenvalue weighted by atomic mass is 35.5. The Labute approximate surface area is 136 Å². The number of fused-ring (bicyclic) bond motifs is 1. The van der Waals surface area contributed by atoms with E-state index in [4.69, 9.17) is 27.9 Å². The second kappa shape index (κ2) is 5.63. The van der Waals surface area contributed by atoms with Crippen LogP contribution in [0.25, 0.3) is 16.6 Å². The summed E-state index contributed by atoms with van der Waals surface area (Å²) in [6, 6.07) is 10.7. The Bertz CT molecular complexity index is 935. The zero-order valence-electron chi connectivity index (χ0n) is 11.9. The number of rotatable bonds is 2. The first kappa shape index (κ1) is 14.9. The Morgan fingerprint density at radius 2 is 1.91 bits per heavy atom. The van der Waals surface area contributed by atoms with Crippen molar-refractivity contribution >= 4 is 34.1 Å². The van der Waals surface area contributed by atoms with E-state index in [1.807, 2.05) is 25.1 Å². The van der Waals surface area contributed by atoms with E-state index in [0.29, 0.717) is 5.69 Å². The van der Waals surface area contributed by atoms with Crippen LogP contribution in [0.5, 0.6) is 5.88 Å². The molecule has 112 valence electrons. The molecule has 2 heterocycles. The fourth-order valence-electron chi connectivity index (χ4n) is 2.37. The number of halogens is 2. The summed E-state index contributed by atoms with van der Waals surface area (Å²) < 4.78 is 6.77. The highest BCUT2D eigenvalue weighted by Crippen LogP contribution is 2.30. The van der Waals surface area contributed by atoms with Crippen LogP contribution in [0.1, 0.15) is 5.56 Å². The van der Waals surface area contributed by atoms with Gasteiger partial charge >= 0.3 is 0 Å². The molecule has 0 amide bonds. The molecule has 0 unspecified atom stereocenters. The molecular formula is C16H12Cl2N2O2. The van der Waals surface area contributed by atoms with Gasteiger partial charge < -0.3 is 4.74 Å². The SMILES string of the molecule is COc1nc(Cl)c(Cl)cc1-n1c(=O)ccc2cc(C)ccc21. The van der Waals surface area contributed by atoms with Crippen molar-refractivity contribution < 1.29 is 4.74 Å². The summed E-state index contributed by atoms with van der Waals surface area (Å²) in [6.45, 7) is 2.00. The monoisotopic (exact) mass is 334 g/mol. The lowest BCUT2D eigenvalue weighted by molar-refractivity contribution is 0.396. The van der Waals surface area contributed by atoms with Crippen LogP contribution in [0.4, 0.5) is 0 Å². The van der Waals surface area contributed by atoms with E-state index in [0.717, 1.165) is 16.5 Å². The summed E-state index contributed by atoms with van der Waals surface area (Å²) in [5.41, 5.74) is 2.11. The van der Waals surface area contributed by atoms with E-state index in [2.05, 4.69) is 4.98 Å². The molecule has 0 aliphatic carbocycles. The zero-order valence-corrected chi connectivity index (χ0v) is 13.4. The van der Waals surface area contributed by atoms with Crippen LogP contribution in [0.3, 0.4) is 0 Å². The fourth-order valence-corrected chi connectivity index (χ4v) is 2.64. The van der Waals surface area contributed by atoms with Gasteiger partial charge in [-0.25, -0.2) is 0 Å². The molecule has 3 rings (SSSR count). The highest BCUT2D eigenvalue weighted by Gasteiger charge is 2.15. The van der Waals surface area contributed by atoms with Gasteiger partial charge in [0.15, 0.2) is 5.15 Å². The predicted octanol–water partition coefficient (Wildman–Crippen LogP) is 4.01. The largest absolute Gasteiger partial charge is 0.479 e. The van der Waals surface area contributed by atoms with Crippen molar-refractivity contribution in [3.8, 4) is 11.6 Å². The van der Waals surface area contributed by atoms with Crippen LogP contribution >= 0.6 is 23.2 Å². The van der Waals surface area contributed by atoms with Crippen molar-refractivity contribution in [3.05, 3.63) is 62.5 Å². The Hall–Kier alpha value is -2.04. The van der Waals surface area contributed by atoms with Gasteiger partial charge in [0.25, 0.3) is 5.56 Å². The van der Waals surface area contributed by atoms with Crippen LogP contribution in [0.15, 0.2) is 41.2 Å². The quantitative estimate of drug-likeness (QED) is 0.665. The molecule has 2 aromatic heterocycles. The summed E-state index contributed by atoms with van der Waals surface area (Å²) in [4.78, 5) is 16.5. The Kier molecular flexibility index (Phi) is 3.81. The minimum absolute atomic E-state index is 0.131. The maximum atomic E-state index is 12.4. The lowest BCUT2D eigenvalue weighted by Crippen LogP contribution is -2.18. The number of methoxy groups -OCH3 is 1. The van der Waals surface area contributed by atoms with Crippen LogP contribution in [0.2, 0.25) is 10.2 Å². The van der Waals surface area contributed by atoms with Crippen molar-refractivity contribution in [3.63, 3.8) is 0 Å².